The van der Waals surface area contributed by atoms with Crippen LogP contribution in [0.1, 0.15) is 60.4 Å². The van der Waals surface area contributed by atoms with E-state index in [0.717, 1.165) is 35.4 Å². The lowest BCUT2D eigenvalue weighted by molar-refractivity contribution is 0.102. The number of nitrogens with one attached hydrogen (secondary N) is 1. The van der Waals surface area contributed by atoms with Gasteiger partial charge in [0.1, 0.15) is 11.3 Å². The molecule has 0 aliphatic heterocycles. The summed E-state index contributed by atoms with van der Waals surface area (Å²) in [5.41, 5.74) is 5.40. The van der Waals surface area contributed by atoms with E-state index in [1.807, 2.05) is 54.8 Å². The van der Waals surface area contributed by atoms with Gasteiger partial charge in [-0.3, -0.25) is 9.20 Å². The van der Waals surface area contributed by atoms with Gasteiger partial charge in [-0.2, -0.15) is 0 Å². The lowest BCUT2D eigenvalue weighted by Gasteiger charge is -2.16. The molecular weight excluding hydrogens is 310 g/mol. The van der Waals surface area contributed by atoms with E-state index in [-0.39, 0.29) is 5.91 Å². The maximum atomic E-state index is 13.1. The highest BCUT2D eigenvalue weighted by molar-refractivity contribution is 6.05. The predicted octanol–water partition coefficient (Wildman–Crippen LogP) is 4.97. The molecule has 130 valence electrons. The van der Waals surface area contributed by atoms with E-state index in [4.69, 9.17) is 0 Å². The highest BCUT2D eigenvalue weighted by atomic mass is 16.2. The van der Waals surface area contributed by atoms with Crippen molar-refractivity contribution in [1.29, 1.82) is 0 Å². The van der Waals surface area contributed by atoms with Crippen molar-refractivity contribution in [2.24, 2.45) is 0 Å². The average molecular weight is 335 g/mol. The number of carbonyl (C=O) groups excluding carboxylic acids is 1. The molecule has 1 aromatic carbocycles. The van der Waals surface area contributed by atoms with Gasteiger partial charge in [-0.1, -0.05) is 45.0 Å². The Morgan fingerprint density at radius 1 is 1.20 bits per heavy atom. The third-order valence-electron chi connectivity index (χ3n) is 4.74. The first-order valence-electron chi connectivity index (χ1n) is 8.93. The Morgan fingerprint density at radius 3 is 2.68 bits per heavy atom. The van der Waals surface area contributed by atoms with Crippen LogP contribution in [0.15, 0.2) is 42.6 Å². The van der Waals surface area contributed by atoms with Crippen molar-refractivity contribution in [3.8, 4) is 0 Å². The number of hydrogen-bond donors (Lipinski definition) is 1. The van der Waals surface area contributed by atoms with Gasteiger partial charge in [0.25, 0.3) is 5.91 Å². The summed E-state index contributed by atoms with van der Waals surface area (Å²) >= 11 is 0. The van der Waals surface area contributed by atoms with E-state index in [9.17, 15) is 4.79 Å². The molecule has 4 heteroatoms. The van der Waals surface area contributed by atoms with Crippen LogP contribution in [0.4, 0.5) is 5.69 Å². The summed E-state index contributed by atoms with van der Waals surface area (Å²) in [5.74, 6) is 0.289. The molecule has 0 radical (unpaired) electrons. The van der Waals surface area contributed by atoms with E-state index >= 15 is 0 Å². The minimum Gasteiger partial charge on any atom is -0.320 e. The number of fused-ring (bicyclic) bond motifs is 1. The van der Waals surface area contributed by atoms with E-state index in [1.54, 1.807) is 0 Å². The summed E-state index contributed by atoms with van der Waals surface area (Å²) in [5, 5.41) is 3.11. The number of para-hydroxylation sites is 1. The zero-order valence-corrected chi connectivity index (χ0v) is 15.3. The Kier molecular flexibility index (Phi) is 4.88. The minimum atomic E-state index is -0.106. The second kappa shape index (κ2) is 7.09. The highest BCUT2D eigenvalue weighted by Gasteiger charge is 2.20. The number of pyridine rings is 1. The summed E-state index contributed by atoms with van der Waals surface area (Å²) < 4.78 is 1.90. The molecule has 3 rings (SSSR count). The average Bonchev–Trinajstić information content (AvgIpc) is 2.99. The number of hydrogen-bond acceptors (Lipinski definition) is 2. The molecule has 0 bridgehead atoms. The standard InChI is InChI=1S/C21H25N3O/c1-5-15(4)16-9-7-8-10-18(16)23-21(25)20-17(6-2)22-19-12-11-14(3)13-24(19)20/h7-13,15H,5-6H2,1-4H3,(H,23,25). The number of aromatic nitrogens is 2. The first kappa shape index (κ1) is 17.2. The Morgan fingerprint density at radius 2 is 1.96 bits per heavy atom. The van der Waals surface area contributed by atoms with Crippen LogP contribution in [0.3, 0.4) is 0 Å². The first-order valence-corrected chi connectivity index (χ1v) is 8.93. The van der Waals surface area contributed by atoms with Crippen molar-refractivity contribution in [1.82, 2.24) is 9.38 Å². The molecule has 1 N–H and O–H groups in total. The van der Waals surface area contributed by atoms with Gasteiger partial charge in [-0.05, 0) is 48.9 Å². The fourth-order valence-corrected chi connectivity index (χ4v) is 3.13. The maximum Gasteiger partial charge on any atom is 0.274 e. The number of nitrogens with zero attached hydrogens (tertiary/aromatic N) is 2. The summed E-state index contributed by atoms with van der Waals surface area (Å²) in [4.78, 5) is 17.7. The minimum absolute atomic E-state index is 0.106. The number of anilines is 1. The Hall–Kier alpha value is -2.62. The smallest absolute Gasteiger partial charge is 0.274 e. The first-order chi connectivity index (χ1) is 12.0. The molecule has 4 nitrogen and oxygen atoms in total. The van der Waals surface area contributed by atoms with E-state index < -0.39 is 0 Å². The summed E-state index contributed by atoms with van der Waals surface area (Å²) in [6, 6.07) is 12.0. The molecule has 0 fully saturated rings. The molecule has 0 aliphatic rings. The van der Waals surface area contributed by atoms with Crippen molar-refractivity contribution in [3.63, 3.8) is 0 Å². The quantitative estimate of drug-likeness (QED) is 0.715. The molecule has 1 unspecified atom stereocenters. The number of amides is 1. The van der Waals surface area contributed by atoms with Crippen LogP contribution >= 0.6 is 0 Å². The number of carbonyl (C=O) groups is 1. The van der Waals surface area contributed by atoms with E-state index in [0.29, 0.717) is 11.6 Å². The molecule has 0 saturated carbocycles. The number of benzene rings is 1. The van der Waals surface area contributed by atoms with Gasteiger partial charge in [0.05, 0.1) is 5.69 Å². The maximum absolute atomic E-state index is 13.1. The largest absolute Gasteiger partial charge is 0.320 e. The van der Waals surface area contributed by atoms with Gasteiger partial charge >= 0.3 is 0 Å². The van der Waals surface area contributed by atoms with E-state index in [1.165, 1.54) is 5.56 Å². The van der Waals surface area contributed by atoms with Gasteiger partial charge in [0.2, 0.25) is 0 Å². The van der Waals surface area contributed by atoms with Crippen LogP contribution < -0.4 is 5.32 Å². The van der Waals surface area contributed by atoms with Crippen LogP contribution in [-0.4, -0.2) is 15.3 Å². The highest BCUT2D eigenvalue weighted by Crippen LogP contribution is 2.27. The number of rotatable bonds is 5. The lowest BCUT2D eigenvalue weighted by Crippen LogP contribution is -2.17. The zero-order chi connectivity index (χ0) is 18.0. The van der Waals surface area contributed by atoms with Gasteiger partial charge < -0.3 is 5.32 Å². The second-order valence-electron chi connectivity index (χ2n) is 6.55. The second-order valence-corrected chi connectivity index (χ2v) is 6.55. The van der Waals surface area contributed by atoms with Gasteiger partial charge in [-0.25, -0.2) is 4.98 Å². The fourth-order valence-electron chi connectivity index (χ4n) is 3.13. The molecule has 2 heterocycles. The zero-order valence-electron chi connectivity index (χ0n) is 15.3. The van der Waals surface area contributed by atoms with Gasteiger partial charge in [0.15, 0.2) is 0 Å². The van der Waals surface area contributed by atoms with Crippen LogP contribution in [0, 0.1) is 6.92 Å². The molecule has 1 atom stereocenters. The normalized spacial score (nSPS) is 12.3. The third kappa shape index (κ3) is 3.29. The summed E-state index contributed by atoms with van der Waals surface area (Å²) in [7, 11) is 0. The van der Waals surface area contributed by atoms with Crippen LogP contribution in [-0.2, 0) is 6.42 Å². The molecule has 0 aliphatic carbocycles. The van der Waals surface area contributed by atoms with Crippen molar-refractivity contribution < 1.29 is 4.79 Å². The predicted molar refractivity (Wildman–Crippen MR) is 102 cm³/mol. The van der Waals surface area contributed by atoms with Crippen LogP contribution in [0.2, 0.25) is 0 Å². The van der Waals surface area contributed by atoms with Crippen molar-refractivity contribution in [2.75, 3.05) is 5.32 Å². The van der Waals surface area contributed by atoms with E-state index in [2.05, 4.69) is 30.2 Å². The van der Waals surface area contributed by atoms with Crippen LogP contribution in [0.5, 0.6) is 0 Å². The fraction of sp³-hybridized carbons (Fsp3) is 0.333. The summed E-state index contributed by atoms with van der Waals surface area (Å²) in [6.45, 7) is 8.38. The number of imidazole rings is 1. The van der Waals surface area contributed by atoms with Gasteiger partial charge in [-0.15, -0.1) is 0 Å². The lowest BCUT2D eigenvalue weighted by atomic mass is 9.97. The molecule has 3 aromatic rings. The molecule has 25 heavy (non-hydrogen) atoms. The van der Waals surface area contributed by atoms with Crippen molar-refractivity contribution in [2.45, 2.75) is 46.5 Å². The Bertz CT molecular complexity index is 911. The molecule has 1 amide bonds. The van der Waals surface area contributed by atoms with Gasteiger partial charge in [0, 0.05) is 11.9 Å². The van der Waals surface area contributed by atoms with Crippen molar-refractivity contribution >= 4 is 17.2 Å². The Balaban J connectivity index is 2.03. The molecule has 2 aromatic heterocycles. The Labute approximate surface area is 148 Å². The monoisotopic (exact) mass is 335 g/mol. The SMILES string of the molecule is CCc1nc2ccc(C)cn2c1C(=O)Nc1ccccc1C(C)CC. The molecule has 0 saturated heterocycles. The van der Waals surface area contributed by atoms with Crippen LogP contribution in [0.25, 0.3) is 5.65 Å². The third-order valence-corrected chi connectivity index (χ3v) is 4.74. The number of aryl methyl sites for hydroxylation is 2. The topological polar surface area (TPSA) is 46.4 Å². The molecular formula is C21H25N3O. The molecule has 0 spiro atoms. The summed E-state index contributed by atoms with van der Waals surface area (Å²) in [6.07, 6.45) is 3.72. The van der Waals surface area contributed by atoms with Crippen molar-refractivity contribution in [3.05, 3.63) is 65.1 Å².